The van der Waals surface area contributed by atoms with Gasteiger partial charge in [-0.2, -0.15) is 13.2 Å². The summed E-state index contributed by atoms with van der Waals surface area (Å²) in [6.45, 7) is 0.234. The average molecular weight is 541 g/mol. The molecule has 0 aliphatic carbocycles. The summed E-state index contributed by atoms with van der Waals surface area (Å²) in [6, 6.07) is 16.9. The summed E-state index contributed by atoms with van der Waals surface area (Å²) in [5, 5.41) is 0.811. The van der Waals surface area contributed by atoms with Crippen LogP contribution in [0, 0.1) is 0 Å². The number of nitrogens with zero attached hydrogens (tertiary/aromatic N) is 2. The van der Waals surface area contributed by atoms with Gasteiger partial charge >= 0.3 is 6.18 Å². The molecule has 0 spiro atoms. The second-order valence-corrected chi connectivity index (χ2v) is 11.3. The highest BCUT2D eigenvalue weighted by Gasteiger charge is 2.32. The van der Waals surface area contributed by atoms with Crippen molar-refractivity contribution in [2.24, 2.45) is 0 Å². The predicted octanol–water partition coefficient (Wildman–Crippen LogP) is 5.22. The monoisotopic (exact) mass is 540 g/mol. The fourth-order valence-corrected chi connectivity index (χ4v) is 5.47. The van der Waals surface area contributed by atoms with E-state index < -0.39 is 27.5 Å². The zero-order valence-electron chi connectivity index (χ0n) is 20.3. The Morgan fingerprint density at radius 3 is 2.39 bits per heavy atom. The van der Waals surface area contributed by atoms with Crippen LogP contribution in [0.1, 0.15) is 33.5 Å². The molecule has 1 aliphatic rings. The van der Waals surface area contributed by atoms with Gasteiger partial charge in [-0.3, -0.25) is 9.59 Å². The second kappa shape index (κ2) is 9.43. The number of benzene rings is 3. The summed E-state index contributed by atoms with van der Waals surface area (Å²) in [4.78, 5) is 28.3. The number of hydrogen-bond acceptors (Lipinski definition) is 4. The van der Waals surface area contributed by atoms with Crippen LogP contribution < -0.4 is 10.5 Å². The van der Waals surface area contributed by atoms with Crippen LogP contribution in [0.25, 0.3) is 10.9 Å². The molecule has 10 heteroatoms. The summed E-state index contributed by atoms with van der Waals surface area (Å²) in [5.74, 6) is -0.670. The summed E-state index contributed by atoms with van der Waals surface area (Å²) in [7, 11) is -3.51. The molecule has 3 aromatic carbocycles. The van der Waals surface area contributed by atoms with Gasteiger partial charge in [-0.15, -0.1) is 0 Å². The number of pyridine rings is 1. The first-order valence-electron chi connectivity index (χ1n) is 11.9. The van der Waals surface area contributed by atoms with E-state index >= 15 is 0 Å². The van der Waals surface area contributed by atoms with Crippen LogP contribution in [0.15, 0.2) is 82.5 Å². The van der Waals surface area contributed by atoms with E-state index in [2.05, 4.69) is 0 Å². The van der Waals surface area contributed by atoms with E-state index in [0.29, 0.717) is 6.54 Å². The van der Waals surface area contributed by atoms with Gasteiger partial charge in [0, 0.05) is 29.6 Å². The lowest BCUT2D eigenvalue weighted by atomic mass is 10.00. The van der Waals surface area contributed by atoms with Gasteiger partial charge in [0.25, 0.3) is 11.5 Å². The van der Waals surface area contributed by atoms with Crippen molar-refractivity contribution >= 4 is 32.3 Å². The summed E-state index contributed by atoms with van der Waals surface area (Å²) in [5.41, 5.74) is 0.935. The molecule has 0 radical (unpaired) electrons. The van der Waals surface area contributed by atoms with Gasteiger partial charge in [0.05, 0.1) is 22.5 Å². The van der Waals surface area contributed by atoms with Crippen molar-refractivity contribution in [1.29, 1.82) is 0 Å². The molecule has 1 aromatic heterocycles. The van der Waals surface area contributed by atoms with E-state index in [-0.39, 0.29) is 33.8 Å². The van der Waals surface area contributed by atoms with Crippen molar-refractivity contribution in [3.63, 3.8) is 0 Å². The number of para-hydroxylation sites is 1. The van der Waals surface area contributed by atoms with Crippen molar-refractivity contribution in [2.75, 3.05) is 11.2 Å². The molecule has 4 aromatic rings. The Kier molecular flexibility index (Phi) is 6.38. The van der Waals surface area contributed by atoms with E-state index in [0.717, 1.165) is 52.6 Å². The third-order valence-corrected chi connectivity index (χ3v) is 7.81. The SMILES string of the molecule is CS(=O)(=O)c1ccc(C(=O)N(Cc2cc3cccc4c3n(c2=O)CCC4)c2cccc(C(F)(F)F)c2)cc1. The highest BCUT2D eigenvalue weighted by Crippen LogP contribution is 2.33. The fraction of sp³-hybridized carbons (Fsp3) is 0.214. The van der Waals surface area contributed by atoms with Crippen molar-refractivity contribution in [2.45, 2.75) is 37.0 Å². The molecule has 0 saturated carbocycles. The van der Waals surface area contributed by atoms with Crippen molar-refractivity contribution in [3.05, 3.63) is 105 Å². The largest absolute Gasteiger partial charge is 0.416 e. The maximum atomic E-state index is 13.7. The first-order valence-corrected chi connectivity index (χ1v) is 13.8. The predicted molar refractivity (Wildman–Crippen MR) is 138 cm³/mol. The number of aromatic nitrogens is 1. The number of anilines is 1. The van der Waals surface area contributed by atoms with Crippen LogP contribution in [0.5, 0.6) is 0 Å². The Hall–Kier alpha value is -3.92. The Balaban J connectivity index is 1.63. The molecule has 0 fully saturated rings. The Morgan fingerprint density at radius 2 is 1.71 bits per heavy atom. The number of carbonyl (C=O) groups is 1. The minimum absolute atomic E-state index is 0.00217. The molecular formula is C28H23F3N2O4S. The number of hydrogen-bond donors (Lipinski definition) is 0. The molecule has 0 N–H and O–H groups in total. The minimum Gasteiger partial charge on any atom is -0.308 e. The standard InChI is InChI=1S/C28H23F3N2O4S/c1-38(36,37)24-12-10-19(11-13-24)26(34)33(23-9-3-8-22(16-23)28(29,30)31)17-21-15-20-6-2-5-18-7-4-14-32(25(18)20)27(21)35/h2-3,5-6,8-13,15-16H,4,7,14,17H2,1H3. The van der Waals surface area contributed by atoms with Crippen LogP contribution in [-0.2, 0) is 35.5 Å². The topological polar surface area (TPSA) is 76.5 Å². The minimum atomic E-state index is -4.63. The van der Waals surface area contributed by atoms with E-state index in [9.17, 15) is 31.2 Å². The van der Waals surface area contributed by atoms with E-state index in [1.165, 1.54) is 36.4 Å². The third kappa shape index (κ3) is 4.83. The smallest absolute Gasteiger partial charge is 0.308 e. The van der Waals surface area contributed by atoms with Gasteiger partial charge < -0.3 is 9.47 Å². The summed E-state index contributed by atoms with van der Waals surface area (Å²) in [6.07, 6.45) is -1.98. The third-order valence-electron chi connectivity index (χ3n) is 6.69. The molecule has 0 unspecified atom stereocenters. The lowest BCUT2D eigenvalue weighted by Crippen LogP contribution is -2.35. The molecule has 2 heterocycles. The zero-order chi connectivity index (χ0) is 27.2. The Bertz CT molecular complexity index is 1730. The summed E-state index contributed by atoms with van der Waals surface area (Å²) < 4.78 is 65.9. The van der Waals surface area contributed by atoms with Crippen LogP contribution in [0.3, 0.4) is 0 Å². The van der Waals surface area contributed by atoms with Crippen molar-refractivity contribution in [3.8, 4) is 0 Å². The first-order chi connectivity index (χ1) is 17.9. The molecule has 38 heavy (non-hydrogen) atoms. The van der Waals surface area contributed by atoms with Crippen LogP contribution in [0.4, 0.5) is 18.9 Å². The van der Waals surface area contributed by atoms with Gasteiger partial charge in [0.15, 0.2) is 9.84 Å². The lowest BCUT2D eigenvalue weighted by molar-refractivity contribution is -0.137. The zero-order valence-corrected chi connectivity index (χ0v) is 21.1. The van der Waals surface area contributed by atoms with Crippen LogP contribution >= 0.6 is 0 Å². The highest BCUT2D eigenvalue weighted by atomic mass is 32.2. The molecule has 1 amide bonds. The average Bonchev–Trinajstić information content (AvgIpc) is 2.88. The number of aryl methyl sites for hydroxylation is 2. The Labute approximate surface area is 216 Å². The van der Waals surface area contributed by atoms with Crippen LogP contribution in [0.2, 0.25) is 0 Å². The van der Waals surface area contributed by atoms with Crippen molar-refractivity contribution < 1.29 is 26.4 Å². The van der Waals surface area contributed by atoms with Gasteiger partial charge in [-0.05, 0) is 72.3 Å². The number of sulfone groups is 1. The van der Waals surface area contributed by atoms with Crippen molar-refractivity contribution in [1.82, 2.24) is 4.57 Å². The number of amides is 1. The second-order valence-electron chi connectivity index (χ2n) is 9.32. The molecular weight excluding hydrogens is 517 g/mol. The molecule has 0 atom stereocenters. The maximum Gasteiger partial charge on any atom is 0.416 e. The van der Waals surface area contributed by atoms with E-state index in [1.54, 1.807) is 10.6 Å². The van der Waals surface area contributed by atoms with Crippen LogP contribution in [-0.4, -0.2) is 25.1 Å². The van der Waals surface area contributed by atoms with Gasteiger partial charge in [0.2, 0.25) is 0 Å². The lowest BCUT2D eigenvalue weighted by Gasteiger charge is -2.26. The normalized spacial score (nSPS) is 13.5. The van der Waals surface area contributed by atoms with Gasteiger partial charge in [0.1, 0.15) is 0 Å². The first kappa shape index (κ1) is 25.7. The van der Waals surface area contributed by atoms with E-state index in [1.807, 2.05) is 18.2 Å². The molecule has 0 bridgehead atoms. The quantitative estimate of drug-likeness (QED) is 0.348. The number of rotatable bonds is 5. The van der Waals surface area contributed by atoms with Gasteiger partial charge in [-0.25, -0.2) is 8.42 Å². The van der Waals surface area contributed by atoms with Gasteiger partial charge in [-0.1, -0.05) is 24.3 Å². The highest BCUT2D eigenvalue weighted by molar-refractivity contribution is 7.90. The molecule has 6 nitrogen and oxygen atoms in total. The molecule has 196 valence electrons. The maximum absolute atomic E-state index is 13.7. The molecule has 0 saturated heterocycles. The number of carbonyl (C=O) groups excluding carboxylic acids is 1. The fourth-order valence-electron chi connectivity index (χ4n) is 4.84. The molecule has 5 rings (SSSR count). The number of alkyl halides is 3. The Morgan fingerprint density at radius 1 is 1.00 bits per heavy atom. The number of halogens is 3. The van der Waals surface area contributed by atoms with E-state index in [4.69, 9.17) is 0 Å². The molecule has 1 aliphatic heterocycles. The summed E-state index contributed by atoms with van der Waals surface area (Å²) >= 11 is 0.